The van der Waals surface area contributed by atoms with E-state index in [0.29, 0.717) is 34.3 Å². The van der Waals surface area contributed by atoms with Gasteiger partial charge in [-0.2, -0.15) is 0 Å². The van der Waals surface area contributed by atoms with E-state index in [1.165, 1.54) is 13.3 Å². The summed E-state index contributed by atoms with van der Waals surface area (Å²) < 4.78 is 4.97. The van der Waals surface area contributed by atoms with Gasteiger partial charge in [-0.15, -0.1) is 0 Å². The van der Waals surface area contributed by atoms with Gasteiger partial charge in [0.25, 0.3) is 5.56 Å². The smallest absolute Gasteiger partial charge is 0.254 e. The molecule has 0 saturated carbocycles. The molecule has 0 aromatic carbocycles. The van der Waals surface area contributed by atoms with Gasteiger partial charge in [-0.1, -0.05) is 6.07 Å². The fraction of sp³-hybridized carbons (Fsp3) is 0.211. The Morgan fingerprint density at radius 3 is 2.70 bits per heavy atom. The number of hydrogen-bond donors (Lipinski definition) is 2. The number of ether oxygens (including phenoxy) is 1. The summed E-state index contributed by atoms with van der Waals surface area (Å²) in [5.41, 5.74) is 1.96. The number of aryl methyl sites for hydroxylation is 1. The zero-order chi connectivity index (χ0) is 19.2. The molecule has 0 spiro atoms. The van der Waals surface area contributed by atoms with Gasteiger partial charge in [-0.3, -0.25) is 14.6 Å². The summed E-state index contributed by atoms with van der Waals surface area (Å²) in [7, 11) is 1.52. The van der Waals surface area contributed by atoms with Gasteiger partial charge >= 0.3 is 0 Å². The highest BCUT2D eigenvalue weighted by molar-refractivity contribution is 5.90. The molecule has 8 heteroatoms. The first kappa shape index (κ1) is 18.2. The largest absolute Gasteiger partial charge is 0.481 e. The molecule has 27 heavy (non-hydrogen) atoms. The molecule has 138 valence electrons. The number of rotatable bonds is 6. The monoisotopic (exact) mass is 365 g/mol. The number of pyridine rings is 2. The lowest BCUT2D eigenvalue weighted by Gasteiger charge is -2.08. The second-order valence-corrected chi connectivity index (χ2v) is 5.83. The molecule has 3 heterocycles. The lowest BCUT2D eigenvalue weighted by molar-refractivity contribution is -0.116. The third-order valence-electron chi connectivity index (χ3n) is 3.96. The van der Waals surface area contributed by atoms with Crippen molar-refractivity contribution in [2.75, 3.05) is 12.4 Å². The molecule has 3 aromatic rings. The minimum atomic E-state index is -0.262. The Morgan fingerprint density at radius 2 is 2.07 bits per heavy atom. The van der Waals surface area contributed by atoms with Crippen LogP contribution in [0.5, 0.6) is 5.88 Å². The first-order valence-corrected chi connectivity index (χ1v) is 8.38. The van der Waals surface area contributed by atoms with Crippen molar-refractivity contribution in [3.63, 3.8) is 0 Å². The Hall–Kier alpha value is -3.55. The lowest BCUT2D eigenvalue weighted by atomic mass is 10.1. The molecule has 0 atom stereocenters. The number of hydrogen-bond acceptors (Lipinski definition) is 6. The van der Waals surface area contributed by atoms with Crippen LogP contribution in [-0.2, 0) is 11.2 Å². The highest BCUT2D eigenvalue weighted by Gasteiger charge is 2.12. The van der Waals surface area contributed by atoms with Crippen LogP contribution in [0.4, 0.5) is 5.69 Å². The number of H-pyrrole nitrogens is 1. The van der Waals surface area contributed by atoms with Gasteiger partial charge in [-0.05, 0) is 31.5 Å². The van der Waals surface area contributed by atoms with Crippen molar-refractivity contribution in [3.8, 4) is 17.4 Å². The Bertz CT molecular complexity index is 984. The maximum absolute atomic E-state index is 12.4. The van der Waals surface area contributed by atoms with E-state index in [1.807, 2.05) is 6.07 Å². The number of aromatic nitrogens is 4. The molecular weight excluding hydrogens is 346 g/mol. The van der Waals surface area contributed by atoms with E-state index in [-0.39, 0.29) is 24.3 Å². The van der Waals surface area contributed by atoms with E-state index in [1.54, 1.807) is 37.4 Å². The normalized spacial score (nSPS) is 10.4. The molecule has 8 nitrogen and oxygen atoms in total. The predicted molar refractivity (Wildman–Crippen MR) is 101 cm³/mol. The summed E-state index contributed by atoms with van der Waals surface area (Å²) >= 11 is 0. The highest BCUT2D eigenvalue weighted by Crippen LogP contribution is 2.13. The van der Waals surface area contributed by atoms with E-state index < -0.39 is 0 Å². The second-order valence-electron chi connectivity index (χ2n) is 5.83. The second kappa shape index (κ2) is 8.22. The summed E-state index contributed by atoms with van der Waals surface area (Å²) in [5, 5.41) is 2.74. The molecule has 2 N–H and O–H groups in total. The molecule has 0 unspecified atom stereocenters. The number of nitrogens with one attached hydrogen (secondary N) is 2. The summed E-state index contributed by atoms with van der Waals surface area (Å²) in [5.74, 6) is 0.666. The third kappa shape index (κ3) is 4.55. The molecule has 0 radical (unpaired) electrons. The molecule has 1 amide bonds. The Morgan fingerprint density at radius 1 is 1.22 bits per heavy atom. The number of carbonyl (C=O) groups excluding carboxylic acids is 1. The van der Waals surface area contributed by atoms with Crippen molar-refractivity contribution < 1.29 is 9.53 Å². The minimum absolute atomic E-state index is 0.153. The van der Waals surface area contributed by atoms with E-state index >= 15 is 0 Å². The molecule has 3 aromatic heterocycles. The molecule has 0 aliphatic heterocycles. The molecule has 3 rings (SSSR count). The maximum atomic E-state index is 12.4. The number of aromatic amines is 1. The van der Waals surface area contributed by atoms with Crippen molar-refractivity contribution in [3.05, 3.63) is 64.3 Å². The third-order valence-corrected chi connectivity index (χ3v) is 3.96. The average molecular weight is 365 g/mol. The number of carbonyl (C=O) groups is 1. The fourth-order valence-electron chi connectivity index (χ4n) is 2.57. The fourth-order valence-corrected chi connectivity index (χ4v) is 2.57. The van der Waals surface area contributed by atoms with Crippen molar-refractivity contribution >= 4 is 11.6 Å². The summed E-state index contributed by atoms with van der Waals surface area (Å²) in [4.78, 5) is 39.9. The molecule has 0 bridgehead atoms. The lowest BCUT2D eigenvalue weighted by Crippen LogP contribution is -2.20. The highest BCUT2D eigenvalue weighted by atomic mass is 16.5. The van der Waals surface area contributed by atoms with E-state index in [4.69, 9.17) is 4.74 Å². The van der Waals surface area contributed by atoms with Crippen LogP contribution in [-0.4, -0.2) is 33.0 Å². The zero-order valence-corrected chi connectivity index (χ0v) is 15.0. The van der Waals surface area contributed by atoms with Gasteiger partial charge in [0.1, 0.15) is 5.69 Å². The van der Waals surface area contributed by atoms with Crippen LogP contribution in [0.25, 0.3) is 11.5 Å². The van der Waals surface area contributed by atoms with Crippen LogP contribution in [0.1, 0.15) is 17.7 Å². The van der Waals surface area contributed by atoms with E-state index in [0.717, 1.165) is 0 Å². The van der Waals surface area contributed by atoms with Crippen LogP contribution >= 0.6 is 0 Å². The van der Waals surface area contributed by atoms with Crippen LogP contribution < -0.4 is 15.6 Å². The van der Waals surface area contributed by atoms with Gasteiger partial charge in [0.05, 0.1) is 19.0 Å². The number of anilines is 1. The van der Waals surface area contributed by atoms with E-state index in [2.05, 4.69) is 25.3 Å². The van der Waals surface area contributed by atoms with Gasteiger partial charge in [0.15, 0.2) is 5.82 Å². The topological polar surface area (TPSA) is 110 Å². The quantitative estimate of drug-likeness (QED) is 0.692. The van der Waals surface area contributed by atoms with Gasteiger partial charge in [0.2, 0.25) is 11.8 Å². The average Bonchev–Trinajstić information content (AvgIpc) is 2.68. The van der Waals surface area contributed by atoms with Crippen molar-refractivity contribution in [2.24, 2.45) is 0 Å². The summed E-state index contributed by atoms with van der Waals surface area (Å²) in [6.07, 6.45) is 3.58. The molecule has 0 aliphatic rings. The van der Waals surface area contributed by atoms with Crippen molar-refractivity contribution in [2.45, 2.75) is 19.8 Å². The van der Waals surface area contributed by atoms with Crippen LogP contribution in [0.3, 0.4) is 0 Å². The first-order chi connectivity index (χ1) is 13.1. The van der Waals surface area contributed by atoms with Crippen molar-refractivity contribution in [1.82, 2.24) is 19.9 Å². The van der Waals surface area contributed by atoms with Crippen LogP contribution in [0, 0.1) is 6.92 Å². The van der Waals surface area contributed by atoms with Crippen LogP contribution in [0.2, 0.25) is 0 Å². The minimum Gasteiger partial charge on any atom is -0.481 e. The molecule has 0 aliphatic carbocycles. The SMILES string of the molecule is COc1ccc(NC(=O)CCc2c(C)nc(-c3ccccn3)[nH]c2=O)cn1. The summed E-state index contributed by atoms with van der Waals surface area (Å²) in [6.45, 7) is 1.75. The Kier molecular flexibility index (Phi) is 5.55. The predicted octanol–water partition coefficient (Wildman–Crippen LogP) is 2.12. The van der Waals surface area contributed by atoms with Gasteiger partial charge in [-0.25, -0.2) is 9.97 Å². The van der Waals surface area contributed by atoms with Crippen molar-refractivity contribution in [1.29, 1.82) is 0 Å². The molecule has 0 fully saturated rings. The zero-order valence-electron chi connectivity index (χ0n) is 15.0. The first-order valence-electron chi connectivity index (χ1n) is 8.38. The standard InChI is InChI=1S/C19H19N5O3/c1-12-14(19(26)24-18(22-12)15-5-3-4-10-20-15)7-8-16(25)23-13-6-9-17(27-2)21-11-13/h3-6,9-11H,7-8H2,1-2H3,(H,23,25)(H,22,24,26). The number of nitrogens with zero attached hydrogens (tertiary/aromatic N) is 3. The number of methoxy groups -OCH3 is 1. The number of amides is 1. The summed E-state index contributed by atoms with van der Waals surface area (Å²) in [6, 6.07) is 8.74. The van der Waals surface area contributed by atoms with E-state index in [9.17, 15) is 9.59 Å². The Balaban J connectivity index is 1.66. The Labute approximate surface area is 155 Å². The van der Waals surface area contributed by atoms with Crippen LogP contribution in [0.15, 0.2) is 47.5 Å². The van der Waals surface area contributed by atoms with Gasteiger partial charge in [0, 0.05) is 29.9 Å². The maximum Gasteiger partial charge on any atom is 0.254 e. The molecule has 0 saturated heterocycles. The van der Waals surface area contributed by atoms with Gasteiger partial charge < -0.3 is 15.0 Å². The molecular formula is C19H19N5O3.